The van der Waals surface area contributed by atoms with Crippen molar-refractivity contribution in [1.29, 1.82) is 0 Å². The summed E-state index contributed by atoms with van der Waals surface area (Å²) in [7, 11) is 0. The number of rotatable bonds is 6. The van der Waals surface area contributed by atoms with Gasteiger partial charge in [0, 0.05) is 18.3 Å². The zero-order valence-electron chi connectivity index (χ0n) is 12.1. The number of hydrogen-bond donors (Lipinski definition) is 1. The summed E-state index contributed by atoms with van der Waals surface area (Å²) < 4.78 is 5.75. The number of anilines is 1. The zero-order valence-corrected chi connectivity index (χ0v) is 12.1. The topological polar surface area (TPSA) is 21.3 Å². The van der Waals surface area contributed by atoms with Gasteiger partial charge in [-0.2, -0.15) is 0 Å². The average molecular weight is 259 g/mol. The Morgan fingerprint density at radius 1 is 1.32 bits per heavy atom. The van der Waals surface area contributed by atoms with Gasteiger partial charge in [-0.1, -0.05) is 32.1 Å². The zero-order chi connectivity index (χ0) is 13.5. The second-order valence-corrected chi connectivity index (χ2v) is 5.76. The van der Waals surface area contributed by atoms with Crippen LogP contribution in [0.4, 0.5) is 5.69 Å². The molecule has 1 aromatic rings. The van der Waals surface area contributed by atoms with Crippen molar-refractivity contribution in [2.75, 3.05) is 18.5 Å². The second kappa shape index (κ2) is 7.22. The van der Waals surface area contributed by atoms with Gasteiger partial charge in [-0.05, 0) is 43.2 Å². The van der Waals surface area contributed by atoms with Gasteiger partial charge in [-0.25, -0.2) is 0 Å². The molecule has 104 valence electrons. The number of ether oxygens (including phenoxy) is 1. The summed E-state index contributed by atoms with van der Waals surface area (Å²) in [6.45, 7) is 6.16. The fourth-order valence-corrected chi connectivity index (χ4v) is 2.26. The molecule has 1 aliphatic rings. The van der Waals surface area contributed by atoms with Crippen LogP contribution in [0.1, 0.15) is 33.1 Å². The van der Waals surface area contributed by atoms with Crippen LogP contribution >= 0.6 is 0 Å². The average Bonchev–Trinajstić information content (AvgIpc) is 2.44. The lowest BCUT2D eigenvalue weighted by atomic mass is 9.94. The summed E-state index contributed by atoms with van der Waals surface area (Å²) in [6.07, 6.45) is 8.32. The highest BCUT2D eigenvalue weighted by molar-refractivity contribution is 5.48. The number of allylic oxidation sites excluding steroid dienone is 2. The van der Waals surface area contributed by atoms with Gasteiger partial charge < -0.3 is 10.1 Å². The first-order chi connectivity index (χ1) is 9.24. The Kier molecular flexibility index (Phi) is 5.31. The van der Waals surface area contributed by atoms with Gasteiger partial charge in [0.2, 0.25) is 0 Å². The Balaban J connectivity index is 1.82. The molecule has 0 aromatic heterocycles. The quantitative estimate of drug-likeness (QED) is 0.760. The summed E-state index contributed by atoms with van der Waals surface area (Å²) in [5.41, 5.74) is 1.16. The molecule has 1 N–H and O–H groups in total. The highest BCUT2D eigenvalue weighted by atomic mass is 16.5. The van der Waals surface area contributed by atoms with Gasteiger partial charge in [-0.3, -0.25) is 0 Å². The van der Waals surface area contributed by atoms with Crippen molar-refractivity contribution in [2.45, 2.75) is 33.1 Å². The third kappa shape index (κ3) is 4.98. The van der Waals surface area contributed by atoms with Crippen molar-refractivity contribution in [3.63, 3.8) is 0 Å². The first kappa shape index (κ1) is 14.0. The fourth-order valence-electron chi connectivity index (χ4n) is 2.26. The van der Waals surface area contributed by atoms with Gasteiger partial charge in [0.25, 0.3) is 0 Å². The summed E-state index contributed by atoms with van der Waals surface area (Å²) in [6, 6.07) is 8.29. The van der Waals surface area contributed by atoms with Crippen molar-refractivity contribution in [3.8, 4) is 5.75 Å². The van der Waals surface area contributed by atoms with E-state index in [-0.39, 0.29) is 0 Å². The minimum absolute atomic E-state index is 0.561. The molecule has 0 saturated heterocycles. The number of benzene rings is 1. The maximum absolute atomic E-state index is 5.75. The lowest BCUT2D eigenvalue weighted by Gasteiger charge is -2.19. The van der Waals surface area contributed by atoms with Crippen LogP contribution in [-0.4, -0.2) is 13.2 Å². The van der Waals surface area contributed by atoms with Crippen LogP contribution in [0.3, 0.4) is 0 Å². The van der Waals surface area contributed by atoms with E-state index in [2.05, 4.69) is 49.5 Å². The number of nitrogens with one attached hydrogen (secondary N) is 1. The Morgan fingerprint density at radius 3 is 2.95 bits per heavy atom. The van der Waals surface area contributed by atoms with Gasteiger partial charge in [-0.15, -0.1) is 0 Å². The molecule has 1 aliphatic carbocycles. The van der Waals surface area contributed by atoms with E-state index in [4.69, 9.17) is 4.74 Å². The van der Waals surface area contributed by atoms with Crippen LogP contribution in [0.15, 0.2) is 36.4 Å². The van der Waals surface area contributed by atoms with Gasteiger partial charge >= 0.3 is 0 Å². The van der Waals surface area contributed by atoms with Gasteiger partial charge in [0.15, 0.2) is 0 Å². The van der Waals surface area contributed by atoms with E-state index >= 15 is 0 Å². The van der Waals surface area contributed by atoms with E-state index < -0.39 is 0 Å². The molecule has 2 nitrogen and oxygen atoms in total. The third-order valence-corrected chi connectivity index (χ3v) is 3.39. The second-order valence-electron chi connectivity index (χ2n) is 5.76. The molecule has 2 heteroatoms. The van der Waals surface area contributed by atoms with Crippen LogP contribution in [0.25, 0.3) is 0 Å². The molecule has 2 rings (SSSR count). The maximum Gasteiger partial charge on any atom is 0.121 e. The summed E-state index contributed by atoms with van der Waals surface area (Å²) in [5.74, 6) is 2.29. The molecule has 0 saturated carbocycles. The molecule has 0 bridgehead atoms. The van der Waals surface area contributed by atoms with Crippen molar-refractivity contribution in [1.82, 2.24) is 0 Å². The Bertz CT molecular complexity index is 411. The Morgan fingerprint density at radius 2 is 2.21 bits per heavy atom. The first-order valence-electron chi connectivity index (χ1n) is 7.36. The summed E-state index contributed by atoms with van der Waals surface area (Å²) in [5, 5.41) is 3.53. The normalized spacial score (nSPS) is 18.6. The van der Waals surface area contributed by atoms with E-state index in [0.29, 0.717) is 5.92 Å². The third-order valence-electron chi connectivity index (χ3n) is 3.39. The molecule has 0 aliphatic heterocycles. The molecule has 1 unspecified atom stereocenters. The van der Waals surface area contributed by atoms with Crippen LogP contribution in [0.2, 0.25) is 0 Å². The number of hydrogen-bond acceptors (Lipinski definition) is 2. The molecule has 19 heavy (non-hydrogen) atoms. The van der Waals surface area contributed by atoms with Crippen LogP contribution in [-0.2, 0) is 0 Å². The largest absolute Gasteiger partial charge is 0.493 e. The molecule has 0 fully saturated rings. The minimum atomic E-state index is 0.561. The molecule has 0 spiro atoms. The molecular weight excluding hydrogens is 234 g/mol. The van der Waals surface area contributed by atoms with E-state index in [1.54, 1.807) is 0 Å². The predicted octanol–water partition coefficient (Wildman–Crippen LogP) is 4.49. The molecule has 1 atom stereocenters. The van der Waals surface area contributed by atoms with Crippen molar-refractivity contribution in [3.05, 3.63) is 36.4 Å². The molecule has 0 heterocycles. The van der Waals surface area contributed by atoms with Crippen molar-refractivity contribution in [2.24, 2.45) is 11.8 Å². The Labute approximate surface area is 116 Å². The van der Waals surface area contributed by atoms with Crippen molar-refractivity contribution >= 4 is 5.69 Å². The molecule has 1 aromatic carbocycles. The predicted molar refractivity (Wildman–Crippen MR) is 81.7 cm³/mol. The van der Waals surface area contributed by atoms with E-state index in [0.717, 1.165) is 30.5 Å². The fraction of sp³-hybridized carbons (Fsp3) is 0.529. The maximum atomic E-state index is 5.75. The molecule has 0 radical (unpaired) electrons. The van der Waals surface area contributed by atoms with E-state index in [1.807, 2.05) is 6.07 Å². The first-order valence-corrected chi connectivity index (χ1v) is 7.36. The van der Waals surface area contributed by atoms with E-state index in [1.165, 1.54) is 19.3 Å². The van der Waals surface area contributed by atoms with E-state index in [9.17, 15) is 0 Å². The van der Waals surface area contributed by atoms with Gasteiger partial charge in [0.05, 0.1) is 6.61 Å². The summed E-state index contributed by atoms with van der Waals surface area (Å²) in [4.78, 5) is 0. The Hall–Kier alpha value is -1.44. The highest BCUT2D eigenvalue weighted by Crippen LogP contribution is 2.21. The minimum Gasteiger partial charge on any atom is -0.493 e. The molecular formula is C17H25NO. The van der Waals surface area contributed by atoms with Crippen molar-refractivity contribution < 1.29 is 4.74 Å². The SMILES string of the molecule is CC(C)COc1cccc(NCC2CC=CCC2)c1. The monoisotopic (exact) mass is 259 g/mol. The lowest BCUT2D eigenvalue weighted by molar-refractivity contribution is 0.271. The van der Waals surface area contributed by atoms with Crippen LogP contribution in [0, 0.1) is 11.8 Å². The highest BCUT2D eigenvalue weighted by Gasteiger charge is 2.09. The van der Waals surface area contributed by atoms with Gasteiger partial charge in [0.1, 0.15) is 5.75 Å². The molecule has 0 amide bonds. The van der Waals surface area contributed by atoms with Crippen LogP contribution < -0.4 is 10.1 Å². The van der Waals surface area contributed by atoms with Crippen LogP contribution in [0.5, 0.6) is 5.75 Å². The smallest absolute Gasteiger partial charge is 0.121 e. The standard InChI is InChI=1S/C17H25NO/c1-14(2)13-19-17-10-6-9-16(11-17)18-12-15-7-4-3-5-8-15/h3-4,6,9-11,14-15,18H,5,7-8,12-13H2,1-2H3. The lowest BCUT2D eigenvalue weighted by Crippen LogP contribution is -2.15. The summed E-state index contributed by atoms with van der Waals surface area (Å²) >= 11 is 0.